The highest BCUT2D eigenvalue weighted by atomic mass is 16.4. The fraction of sp³-hybridized carbons (Fsp3) is 0.500. The number of carboxylic acids is 1. The first kappa shape index (κ1) is 11.0. The number of allylic oxidation sites excluding steroid dienone is 1. The molecule has 1 atom stereocenters. The van der Waals surface area contributed by atoms with Crippen LogP contribution in [0.25, 0.3) is 0 Å². The lowest BCUT2D eigenvalue weighted by Crippen LogP contribution is -2.10. The maximum absolute atomic E-state index is 10.5. The van der Waals surface area contributed by atoms with Gasteiger partial charge in [-0.25, -0.2) is 0 Å². The summed E-state index contributed by atoms with van der Waals surface area (Å²) in [6.45, 7) is 7.08. The number of hydrogen-bond donors (Lipinski definition) is 1. The zero-order valence-corrected chi connectivity index (χ0v) is 7.33. The Balaban J connectivity index is 3.51. The molecule has 0 heterocycles. The van der Waals surface area contributed by atoms with Gasteiger partial charge in [-0.05, 0) is 19.3 Å². The van der Waals surface area contributed by atoms with Gasteiger partial charge in [0.05, 0.1) is 5.92 Å². The molecule has 1 N–H and O–H groups in total. The van der Waals surface area contributed by atoms with E-state index in [2.05, 4.69) is 13.2 Å². The van der Waals surface area contributed by atoms with E-state index in [0.29, 0.717) is 6.42 Å². The molecule has 0 radical (unpaired) electrons. The summed E-state index contributed by atoms with van der Waals surface area (Å²) in [4.78, 5) is 10.5. The summed E-state index contributed by atoms with van der Waals surface area (Å²) in [6.07, 6.45) is 6.94. The normalized spacial score (nSPS) is 12.0. The molecule has 2 nitrogen and oxygen atoms in total. The maximum atomic E-state index is 10.5. The number of rotatable bonds is 7. The quantitative estimate of drug-likeness (QED) is 0.468. The van der Waals surface area contributed by atoms with Gasteiger partial charge in [-0.3, -0.25) is 4.79 Å². The molecule has 0 bridgehead atoms. The van der Waals surface area contributed by atoms with Gasteiger partial charge in [0.25, 0.3) is 0 Å². The third kappa shape index (κ3) is 4.72. The first-order valence-corrected chi connectivity index (χ1v) is 4.18. The Labute approximate surface area is 73.6 Å². The molecule has 0 aliphatic rings. The second kappa shape index (κ2) is 6.65. The Morgan fingerprint density at radius 2 is 2.08 bits per heavy atom. The Morgan fingerprint density at radius 1 is 1.42 bits per heavy atom. The van der Waals surface area contributed by atoms with Gasteiger partial charge in [-0.15, -0.1) is 13.2 Å². The molecule has 0 aliphatic heterocycles. The van der Waals surface area contributed by atoms with Crippen molar-refractivity contribution in [2.45, 2.75) is 25.7 Å². The Morgan fingerprint density at radius 3 is 2.50 bits per heavy atom. The summed E-state index contributed by atoms with van der Waals surface area (Å²) in [7, 11) is 0. The third-order valence-electron chi connectivity index (χ3n) is 1.78. The van der Waals surface area contributed by atoms with Crippen LogP contribution < -0.4 is 0 Å². The molecule has 0 fully saturated rings. The van der Waals surface area contributed by atoms with Crippen LogP contribution in [0.1, 0.15) is 25.7 Å². The molecule has 0 aromatic heterocycles. The van der Waals surface area contributed by atoms with Crippen LogP contribution in [-0.4, -0.2) is 11.1 Å². The van der Waals surface area contributed by atoms with E-state index >= 15 is 0 Å². The zero-order chi connectivity index (χ0) is 9.40. The standard InChI is InChI=1S/C10H16O2/c1-3-5-6-7-8-9(4-2)10(11)12/h3-4,9H,1-2,5-8H2,(H,11,12). The van der Waals surface area contributed by atoms with Crippen molar-refractivity contribution >= 4 is 5.97 Å². The summed E-state index contributed by atoms with van der Waals surface area (Å²) < 4.78 is 0. The molecule has 0 aromatic carbocycles. The molecule has 0 spiro atoms. The zero-order valence-electron chi connectivity index (χ0n) is 7.33. The van der Waals surface area contributed by atoms with Crippen molar-refractivity contribution in [2.75, 3.05) is 0 Å². The SMILES string of the molecule is C=CCCCCC(C=C)C(=O)O. The van der Waals surface area contributed by atoms with Crippen molar-refractivity contribution in [1.82, 2.24) is 0 Å². The van der Waals surface area contributed by atoms with E-state index in [9.17, 15) is 4.79 Å². The van der Waals surface area contributed by atoms with Gasteiger partial charge in [0.15, 0.2) is 0 Å². The first-order valence-electron chi connectivity index (χ1n) is 4.18. The molecule has 1 unspecified atom stereocenters. The third-order valence-corrected chi connectivity index (χ3v) is 1.78. The number of unbranched alkanes of at least 4 members (excludes halogenated alkanes) is 2. The largest absolute Gasteiger partial charge is 0.481 e. The van der Waals surface area contributed by atoms with Gasteiger partial charge < -0.3 is 5.11 Å². The summed E-state index contributed by atoms with van der Waals surface area (Å²) in [6, 6.07) is 0. The monoisotopic (exact) mass is 168 g/mol. The van der Waals surface area contributed by atoms with E-state index in [0.717, 1.165) is 19.3 Å². The van der Waals surface area contributed by atoms with E-state index in [1.54, 1.807) is 0 Å². The van der Waals surface area contributed by atoms with Gasteiger partial charge in [-0.1, -0.05) is 18.6 Å². The molecule has 0 amide bonds. The van der Waals surface area contributed by atoms with Crippen molar-refractivity contribution in [3.63, 3.8) is 0 Å². The van der Waals surface area contributed by atoms with Crippen molar-refractivity contribution in [2.24, 2.45) is 5.92 Å². The highest BCUT2D eigenvalue weighted by molar-refractivity contribution is 5.71. The topological polar surface area (TPSA) is 37.3 Å². The fourth-order valence-electron chi connectivity index (χ4n) is 0.995. The molecule has 0 saturated carbocycles. The summed E-state index contributed by atoms with van der Waals surface area (Å²) in [5.41, 5.74) is 0. The summed E-state index contributed by atoms with van der Waals surface area (Å²) >= 11 is 0. The smallest absolute Gasteiger partial charge is 0.310 e. The molecule has 0 rings (SSSR count). The Bertz CT molecular complexity index is 161. The second-order valence-corrected chi connectivity index (χ2v) is 2.75. The van der Waals surface area contributed by atoms with Crippen LogP contribution in [-0.2, 0) is 4.79 Å². The van der Waals surface area contributed by atoms with Gasteiger partial charge >= 0.3 is 5.97 Å². The molecule has 2 heteroatoms. The van der Waals surface area contributed by atoms with Crippen LogP contribution in [0.5, 0.6) is 0 Å². The van der Waals surface area contributed by atoms with Crippen LogP contribution in [0.4, 0.5) is 0 Å². The Kier molecular flexibility index (Phi) is 6.07. The predicted molar refractivity (Wildman–Crippen MR) is 50.0 cm³/mol. The van der Waals surface area contributed by atoms with E-state index in [-0.39, 0.29) is 5.92 Å². The lowest BCUT2D eigenvalue weighted by molar-refractivity contribution is -0.140. The number of hydrogen-bond acceptors (Lipinski definition) is 1. The van der Waals surface area contributed by atoms with Crippen molar-refractivity contribution in [3.8, 4) is 0 Å². The summed E-state index contributed by atoms with van der Waals surface area (Å²) in [5.74, 6) is -1.15. The van der Waals surface area contributed by atoms with Gasteiger partial charge in [0, 0.05) is 0 Å². The van der Waals surface area contributed by atoms with Gasteiger partial charge in [0.1, 0.15) is 0 Å². The Hall–Kier alpha value is -1.05. The van der Waals surface area contributed by atoms with Gasteiger partial charge in [0.2, 0.25) is 0 Å². The molecule has 0 aromatic rings. The van der Waals surface area contributed by atoms with Crippen LogP contribution >= 0.6 is 0 Å². The van der Waals surface area contributed by atoms with E-state index in [4.69, 9.17) is 5.11 Å². The molecule has 0 saturated heterocycles. The minimum absolute atomic E-state index is 0.380. The second-order valence-electron chi connectivity index (χ2n) is 2.75. The molecular formula is C10H16O2. The minimum atomic E-state index is -0.774. The fourth-order valence-corrected chi connectivity index (χ4v) is 0.995. The van der Waals surface area contributed by atoms with Crippen LogP contribution in [0, 0.1) is 5.92 Å². The van der Waals surface area contributed by atoms with Gasteiger partial charge in [-0.2, -0.15) is 0 Å². The van der Waals surface area contributed by atoms with Crippen molar-refractivity contribution in [3.05, 3.63) is 25.3 Å². The number of aliphatic carboxylic acids is 1. The van der Waals surface area contributed by atoms with Crippen LogP contribution in [0.2, 0.25) is 0 Å². The maximum Gasteiger partial charge on any atom is 0.310 e. The minimum Gasteiger partial charge on any atom is -0.481 e. The average Bonchev–Trinajstić information content (AvgIpc) is 2.04. The van der Waals surface area contributed by atoms with E-state index in [1.165, 1.54) is 6.08 Å². The molecule has 12 heavy (non-hydrogen) atoms. The first-order chi connectivity index (χ1) is 5.72. The van der Waals surface area contributed by atoms with E-state index in [1.807, 2.05) is 6.08 Å². The lowest BCUT2D eigenvalue weighted by atomic mass is 10.0. The van der Waals surface area contributed by atoms with Crippen molar-refractivity contribution < 1.29 is 9.90 Å². The number of carbonyl (C=O) groups is 1. The molecule has 68 valence electrons. The highest BCUT2D eigenvalue weighted by Gasteiger charge is 2.11. The summed E-state index contributed by atoms with van der Waals surface area (Å²) in [5, 5.41) is 8.64. The molecular weight excluding hydrogens is 152 g/mol. The van der Waals surface area contributed by atoms with Crippen LogP contribution in [0.15, 0.2) is 25.3 Å². The average molecular weight is 168 g/mol. The number of carboxylic acid groups (broad SMARTS) is 1. The highest BCUT2D eigenvalue weighted by Crippen LogP contribution is 2.11. The lowest BCUT2D eigenvalue weighted by Gasteiger charge is -2.04. The van der Waals surface area contributed by atoms with Crippen LogP contribution in [0.3, 0.4) is 0 Å². The van der Waals surface area contributed by atoms with Crippen molar-refractivity contribution in [1.29, 1.82) is 0 Å². The van der Waals surface area contributed by atoms with E-state index < -0.39 is 5.97 Å². The molecule has 0 aliphatic carbocycles. The predicted octanol–water partition coefficient (Wildman–Crippen LogP) is 2.62.